The van der Waals surface area contributed by atoms with Gasteiger partial charge in [-0.05, 0) is 24.3 Å². The molecule has 2 aromatic rings. The molecule has 1 heterocycles. The Morgan fingerprint density at radius 3 is 2.68 bits per heavy atom. The highest BCUT2D eigenvalue weighted by molar-refractivity contribution is 6.03. The topological polar surface area (TPSA) is 65.8 Å². The monoisotopic (exact) mass is 259 g/mol. The summed E-state index contributed by atoms with van der Waals surface area (Å²) < 4.78 is 25.7. The summed E-state index contributed by atoms with van der Waals surface area (Å²) >= 11 is 0. The number of rotatable bonds is 2. The number of hydrogen-bond acceptors (Lipinski definition) is 3. The predicted octanol–water partition coefficient (Wildman–Crippen LogP) is 2.48. The van der Waals surface area contributed by atoms with E-state index in [1.54, 1.807) is 0 Å². The fourth-order valence-corrected chi connectivity index (χ4v) is 1.39. The molecule has 1 amide bonds. The number of hydrogen-bond donors (Lipinski definition) is 1. The number of carbonyl (C=O) groups is 1. The number of carbonyl (C=O) groups excluding carboxylic acids is 1. The van der Waals surface area contributed by atoms with E-state index in [4.69, 9.17) is 5.26 Å². The van der Waals surface area contributed by atoms with Gasteiger partial charge < -0.3 is 5.32 Å². The number of halogens is 2. The van der Waals surface area contributed by atoms with E-state index in [-0.39, 0.29) is 16.9 Å². The summed E-state index contributed by atoms with van der Waals surface area (Å²) in [6, 6.07) is 7.62. The summed E-state index contributed by atoms with van der Waals surface area (Å²) in [6.45, 7) is 0. The van der Waals surface area contributed by atoms with Gasteiger partial charge in [0.05, 0.1) is 11.6 Å². The first-order chi connectivity index (χ1) is 9.10. The lowest BCUT2D eigenvalue weighted by atomic mass is 10.2. The molecule has 0 bridgehead atoms. The van der Waals surface area contributed by atoms with Gasteiger partial charge in [0.2, 0.25) is 0 Å². The summed E-state index contributed by atoms with van der Waals surface area (Å²) in [7, 11) is 0. The van der Waals surface area contributed by atoms with Crippen molar-refractivity contribution in [1.82, 2.24) is 4.98 Å². The molecule has 6 heteroatoms. The van der Waals surface area contributed by atoms with Crippen LogP contribution in [0, 0.1) is 23.0 Å². The van der Waals surface area contributed by atoms with Crippen molar-refractivity contribution >= 4 is 11.6 Å². The zero-order valence-corrected chi connectivity index (χ0v) is 9.52. The highest BCUT2D eigenvalue weighted by Crippen LogP contribution is 2.14. The van der Waals surface area contributed by atoms with Crippen LogP contribution in [0.25, 0.3) is 0 Å². The van der Waals surface area contributed by atoms with Crippen LogP contribution in [0.5, 0.6) is 0 Å². The molecule has 0 atom stereocenters. The fraction of sp³-hybridized carbons (Fsp3) is 0. The van der Waals surface area contributed by atoms with Gasteiger partial charge in [-0.15, -0.1) is 0 Å². The van der Waals surface area contributed by atoms with E-state index in [9.17, 15) is 13.6 Å². The maximum atomic E-state index is 13.0. The molecule has 0 aliphatic carbocycles. The van der Waals surface area contributed by atoms with E-state index >= 15 is 0 Å². The third-order valence-electron chi connectivity index (χ3n) is 2.30. The Kier molecular flexibility index (Phi) is 3.48. The Balaban J connectivity index is 2.21. The molecule has 0 radical (unpaired) electrons. The number of benzene rings is 1. The highest BCUT2D eigenvalue weighted by atomic mass is 19.2. The molecule has 94 valence electrons. The second-order valence-electron chi connectivity index (χ2n) is 3.62. The van der Waals surface area contributed by atoms with Crippen molar-refractivity contribution in [2.75, 3.05) is 5.32 Å². The van der Waals surface area contributed by atoms with Gasteiger partial charge in [0, 0.05) is 18.0 Å². The number of pyridine rings is 1. The number of nitrogens with zero attached hydrogens (tertiary/aromatic N) is 2. The molecule has 0 spiro atoms. The van der Waals surface area contributed by atoms with Crippen molar-refractivity contribution in [1.29, 1.82) is 5.26 Å². The van der Waals surface area contributed by atoms with Crippen LogP contribution in [0.1, 0.15) is 16.1 Å². The van der Waals surface area contributed by atoms with Crippen molar-refractivity contribution in [3.05, 3.63) is 59.4 Å². The van der Waals surface area contributed by atoms with Crippen LogP contribution in [0.4, 0.5) is 14.5 Å². The molecule has 0 saturated carbocycles. The normalized spacial score (nSPS) is 9.74. The average molecular weight is 259 g/mol. The summed E-state index contributed by atoms with van der Waals surface area (Å²) in [6.07, 6.45) is 1.32. The maximum absolute atomic E-state index is 13.0. The van der Waals surface area contributed by atoms with Gasteiger partial charge in [0.15, 0.2) is 11.6 Å². The van der Waals surface area contributed by atoms with E-state index < -0.39 is 17.5 Å². The molecule has 1 N–H and O–H groups in total. The van der Waals surface area contributed by atoms with E-state index in [2.05, 4.69) is 10.3 Å². The molecular formula is C13H7F2N3O. The van der Waals surface area contributed by atoms with Crippen molar-refractivity contribution in [2.45, 2.75) is 0 Å². The molecule has 1 aromatic heterocycles. The van der Waals surface area contributed by atoms with Gasteiger partial charge in [-0.25, -0.2) is 8.78 Å². The Bertz CT molecular complexity index is 680. The molecule has 0 saturated heterocycles. The maximum Gasteiger partial charge on any atom is 0.274 e. The summed E-state index contributed by atoms with van der Waals surface area (Å²) in [5.74, 6) is -2.66. The van der Waals surface area contributed by atoms with E-state index in [0.717, 1.165) is 12.1 Å². The lowest BCUT2D eigenvalue weighted by Gasteiger charge is -2.05. The number of anilines is 1. The minimum absolute atomic E-state index is 0.0174. The van der Waals surface area contributed by atoms with Crippen LogP contribution < -0.4 is 5.32 Å². The largest absolute Gasteiger partial charge is 0.321 e. The molecule has 19 heavy (non-hydrogen) atoms. The lowest BCUT2D eigenvalue weighted by Crippen LogP contribution is -2.14. The molecule has 0 aliphatic rings. The zero-order chi connectivity index (χ0) is 13.8. The van der Waals surface area contributed by atoms with Gasteiger partial charge in [-0.2, -0.15) is 5.26 Å². The predicted molar refractivity (Wildman–Crippen MR) is 63.3 cm³/mol. The Morgan fingerprint density at radius 2 is 2.00 bits per heavy atom. The minimum atomic E-state index is -1.06. The lowest BCUT2D eigenvalue weighted by molar-refractivity contribution is 0.102. The molecule has 2 rings (SSSR count). The van der Waals surface area contributed by atoms with Crippen molar-refractivity contribution in [2.24, 2.45) is 0 Å². The number of nitriles is 1. The highest BCUT2D eigenvalue weighted by Gasteiger charge is 2.10. The molecular weight excluding hydrogens is 252 g/mol. The Hall–Kier alpha value is -2.81. The first-order valence-electron chi connectivity index (χ1n) is 5.22. The van der Waals surface area contributed by atoms with E-state index in [1.807, 2.05) is 6.07 Å². The number of amides is 1. The third kappa shape index (κ3) is 2.90. The standard InChI is InChI=1S/C13H7F2N3O/c14-10-2-1-9(6-11(10)15)18-13(19)12-5-8(7-16)3-4-17-12/h1-6H,(H,18,19). The van der Waals surface area contributed by atoms with Crippen LogP contribution in [0.2, 0.25) is 0 Å². The van der Waals surface area contributed by atoms with Gasteiger partial charge in [-0.1, -0.05) is 0 Å². The van der Waals surface area contributed by atoms with Crippen molar-refractivity contribution < 1.29 is 13.6 Å². The molecule has 1 aromatic carbocycles. The van der Waals surface area contributed by atoms with Crippen LogP contribution in [-0.4, -0.2) is 10.9 Å². The number of aromatic nitrogens is 1. The minimum Gasteiger partial charge on any atom is -0.321 e. The first-order valence-corrected chi connectivity index (χ1v) is 5.22. The summed E-state index contributed by atoms with van der Waals surface area (Å²) in [5, 5.41) is 11.1. The summed E-state index contributed by atoms with van der Waals surface area (Å²) in [5.41, 5.74) is 0.405. The van der Waals surface area contributed by atoms with Crippen LogP contribution >= 0.6 is 0 Å². The van der Waals surface area contributed by atoms with Crippen LogP contribution in [-0.2, 0) is 0 Å². The smallest absolute Gasteiger partial charge is 0.274 e. The third-order valence-corrected chi connectivity index (χ3v) is 2.30. The zero-order valence-electron chi connectivity index (χ0n) is 9.52. The Labute approximate surface area is 107 Å². The Morgan fingerprint density at radius 1 is 1.21 bits per heavy atom. The van der Waals surface area contributed by atoms with Crippen molar-refractivity contribution in [3.63, 3.8) is 0 Å². The quantitative estimate of drug-likeness (QED) is 0.901. The molecule has 0 aliphatic heterocycles. The van der Waals surface area contributed by atoms with Gasteiger partial charge >= 0.3 is 0 Å². The molecule has 0 unspecified atom stereocenters. The van der Waals surface area contributed by atoms with Gasteiger partial charge in [0.25, 0.3) is 5.91 Å². The second-order valence-corrected chi connectivity index (χ2v) is 3.62. The van der Waals surface area contributed by atoms with Gasteiger partial charge in [0.1, 0.15) is 5.69 Å². The summed E-state index contributed by atoms with van der Waals surface area (Å²) in [4.78, 5) is 15.6. The van der Waals surface area contributed by atoms with Crippen LogP contribution in [0.3, 0.4) is 0 Å². The number of nitrogens with one attached hydrogen (secondary N) is 1. The fourth-order valence-electron chi connectivity index (χ4n) is 1.39. The van der Waals surface area contributed by atoms with Crippen LogP contribution in [0.15, 0.2) is 36.5 Å². The van der Waals surface area contributed by atoms with Crippen molar-refractivity contribution in [3.8, 4) is 6.07 Å². The molecule has 4 nitrogen and oxygen atoms in total. The molecule has 0 fully saturated rings. The van der Waals surface area contributed by atoms with E-state index in [0.29, 0.717) is 0 Å². The first kappa shape index (κ1) is 12.6. The average Bonchev–Trinajstić information content (AvgIpc) is 2.43. The second kappa shape index (κ2) is 5.23. The SMILES string of the molecule is N#Cc1ccnc(C(=O)Nc2ccc(F)c(F)c2)c1. The van der Waals surface area contributed by atoms with Gasteiger partial charge in [-0.3, -0.25) is 9.78 Å². The van der Waals surface area contributed by atoms with E-state index in [1.165, 1.54) is 24.4 Å².